The third-order valence-corrected chi connectivity index (χ3v) is 3.73. The number of ether oxygens (including phenoxy) is 1. The number of aromatic nitrogens is 2. The molecule has 0 aliphatic heterocycles. The number of hydrogen-bond acceptors (Lipinski definition) is 5. The molecule has 2 aromatic carbocycles. The van der Waals surface area contributed by atoms with E-state index in [4.69, 9.17) is 20.8 Å². The van der Waals surface area contributed by atoms with Crippen LogP contribution in [0.1, 0.15) is 0 Å². The van der Waals surface area contributed by atoms with Crippen molar-refractivity contribution in [2.75, 3.05) is 11.9 Å². The molecule has 0 aliphatic carbocycles. The van der Waals surface area contributed by atoms with E-state index in [1.54, 1.807) is 18.2 Å². The van der Waals surface area contributed by atoms with Gasteiger partial charge in [-0.1, -0.05) is 50.8 Å². The summed E-state index contributed by atoms with van der Waals surface area (Å²) in [5.74, 6) is 0.297. The van der Waals surface area contributed by atoms with Crippen LogP contribution in [0.15, 0.2) is 57.4 Å². The van der Waals surface area contributed by atoms with Crippen molar-refractivity contribution in [2.45, 2.75) is 0 Å². The molecule has 0 atom stereocenters. The highest BCUT2D eigenvalue weighted by molar-refractivity contribution is 9.10. The van der Waals surface area contributed by atoms with E-state index in [-0.39, 0.29) is 12.6 Å². The van der Waals surface area contributed by atoms with Crippen molar-refractivity contribution in [1.29, 1.82) is 0 Å². The third kappa shape index (κ3) is 4.12. The van der Waals surface area contributed by atoms with Gasteiger partial charge in [0, 0.05) is 10.0 Å². The number of halogens is 2. The number of anilines is 1. The van der Waals surface area contributed by atoms with E-state index < -0.39 is 5.91 Å². The fourth-order valence-electron chi connectivity index (χ4n) is 1.86. The molecule has 3 rings (SSSR count). The molecule has 0 spiro atoms. The lowest BCUT2D eigenvalue weighted by atomic mass is 10.2. The van der Waals surface area contributed by atoms with Gasteiger partial charge in [0.25, 0.3) is 5.91 Å². The van der Waals surface area contributed by atoms with Crippen molar-refractivity contribution in [3.8, 4) is 17.2 Å². The number of nitrogens with one attached hydrogen (secondary N) is 1. The number of amides is 1. The van der Waals surface area contributed by atoms with Gasteiger partial charge in [-0.15, -0.1) is 5.10 Å². The van der Waals surface area contributed by atoms with E-state index in [1.165, 1.54) is 0 Å². The summed E-state index contributed by atoms with van der Waals surface area (Å²) < 4.78 is 11.6. The smallest absolute Gasteiger partial charge is 0.322 e. The van der Waals surface area contributed by atoms with Crippen molar-refractivity contribution in [3.05, 3.63) is 58.0 Å². The molecule has 0 saturated carbocycles. The normalized spacial score (nSPS) is 10.4. The van der Waals surface area contributed by atoms with Crippen LogP contribution in [-0.2, 0) is 4.79 Å². The van der Waals surface area contributed by atoms with Gasteiger partial charge in [0.1, 0.15) is 5.75 Å². The zero-order chi connectivity index (χ0) is 16.9. The molecule has 8 heteroatoms. The summed E-state index contributed by atoms with van der Waals surface area (Å²) in [7, 11) is 0. The van der Waals surface area contributed by atoms with Crippen LogP contribution in [0.5, 0.6) is 5.75 Å². The van der Waals surface area contributed by atoms with E-state index in [2.05, 4.69) is 31.4 Å². The Balaban J connectivity index is 1.58. The summed E-state index contributed by atoms with van der Waals surface area (Å²) in [4.78, 5) is 11.9. The lowest BCUT2D eigenvalue weighted by molar-refractivity contribution is -0.118. The SMILES string of the molecule is O=C(COc1ccc(Br)cc1Cl)Nc1nnc(-c2ccccc2)o1. The van der Waals surface area contributed by atoms with Crippen LogP contribution in [0.2, 0.25) is 5.02 Å². The molecule has 6 nitrogen and oxygen atoms in total. The first-order valence-electron chi connectivity index (χ1n) is 6.88. The second kappa shape index (κ2) is 7.46. The van der Waals surface area contributed by atoms with Crippen LogP contribution in [-0.4, -0.2) is 22.7 Å². The Kier molecular flexibility index (Phi) is 5.12. The Hall–Kier alpha value is -2.38. The maximum atomic E-state index is 11.9. The van der Waals surface area contributed by atoms with Crippen LogP contribution in [0.3, 0.4) is 0 Å². The molecule has 0 bridgehead atoms. The zero-order valence-electron chi connectivity index (χ0n) is 12.2. The molecule has 122 valence electrons. The number of carbonyl (C=O) groups is 1. The lowest BCUT2D eigenvalue weighted by Gasteiger charge is -2.07. The third-order valence-electron chi connectivity index (χ3n) is 2.94. The predicted molar refractivity (Wildman–Crippen MR) is 93.0 cm³/mol. The molecular weight excluding hydrogens is 398 g/mol. The predicted octanol–water partition coefficient (Wildman–Crippen LogP) is 4.17. The second-order valence-corrected chi connectivity index (χ2v) is 6.01. The molecule has 24 heavy (non-hydrogen) atoms. The standard InChI is InChI=1S/C16H11BrClN3O3/c17-11-6-7-13(12(18)8-11)23-9-14(22)19-16-21-20-15(24-16)10-4-2-1-3-5-10/h1-8H,9H2,(H,19,21,22). The number of nitrogens with zero attached hydrogens (tertiary/aromatic N) is 2. The second-order valence-electron chi connectivity index (χ2n) is 4.69. The van der Waals surface area contributed by atoms with Gasteiger partial charge >= 0.3 is 6.01 Å². The maximum Gasteiger partial charge on any atom is 0.322 e. The van der Waals surface area contributed by atoms with Gasteiger partial charge in [0.05, 0.1) is 5.02 Å². The first-order chi connectivity index (χ1) is 11.6. The van der Waals surface area contributed by atoms with E-state index >= 15 is 0 Å². The van der Waals surface area contributed by atoms with Crippen LogP contribution >= 0.6 is 27.5 Å². The Bertz CT molecular complexity index is 855. The van der Waals surface area contributed by atoms with Gasteiger partial charge in [-0.25, -0.2) is 0 Å². The molecule has 0 unspecified atom stereocenters. The van der Waals surface area contributed by atoms with Crippen LogP contribution in [0.25, 0.3) is 11.5 Å². The highest BCUT2D eigenvalue weighted by atomic mass is 79.9. The number of hydrogen-bond donors (Lipinski definition) is 1. The topological polar surface area (TPSA) is 77.2 Å². The van der Waals surface area contributed by atoms with Gasteiger partial charge in [0.2, 0.25) is 5.89 Å². The Labute approximate surface area is 150 Å². The number of carbonyl (C=O) groups excluding carboxylic acids is 1. The summed E-state index contributed by atoms with van der Waals surface area (Å²) >= 11 is 9.31. The first-order valence-corrected chi connectivity index (χ1v) is 8.05. The average Bonchev–Trinajstić information content (AvgIpc) is 3.03. The Morgan fingerprint density at radius 1 is 1.21 bits per heavy atom. The van der Waals surface area contributed by atoms with Crippen LogP contribution in [0, 0.1) is 0 Å². The van der Waals surface area contributed by atoms with E-state index in [0.29, 0.717) is 16.7 Å². The maximum absolute atomic E-state index is 11.9. The van der Waals surface area contributed by atoms with Crippen molar-refractivity contribution in [3.63, 3.8) is 0 Å². The molecule has 0 radical (unpaired) electrons. The minimum absolute atomic E-state index is 0.00403. The average molecular weight is 409 g/mol. The van der Waals surface area contributed by atoms with Crippen LogP contribution in [0.4, 0.5) is 6.01 Å². The minimum atomic E-state index is -0.433. The lowest BCUT2D eigenvalue weighted by Crippen LogP contribution is -2.20. The Morgan fingerprint density at radius 3 is 2.75 bits per heavy atom. The van der Waals surface area contributed by atoms with Crippen molar-refractivity contribution < 1.29 is 13.9 Å². The molecular formula is C16H11BrClN3O3. The fourth-order valence-corrected chi connectivity index (χ4v) is 2.59. The summed E-state index contributed by atoms with van der Waals surface area (Å²) in [5.41, 5.74) is 0.767. The molecule has 3 aromatic rings. The number of benzene rings is 2. The molecule has 1 amide bonds. The van der Waals surface area contributed by atoms with Gasteiger partial charge < -0.3 is 9.15 Å². The van der Waals surface area contributed by atoms with Gasteiger partial charge in [-0.2, -0.15) is 0 Å². The van der Waals surface area contributed by atoms with Gasteiger partial charge in [-0.05, 0) is 30.3 Å². The van der Waals surface area contributed by atoms with Crippen molar-refractivity contribution >= 4 is 39.5 Å². The molecule has 0 fully saturated rings. The largest absolute Gasteiger partial charge is 0.482 e. The van der Waals surface area contributed by atoms with Crippen molar-refractivity contribution in [2.24, 2.45) is 0 Å². The first kappa shape index (κ1) is 16.5. The molecule has 1 N–H and O–H groups in total. The zero-order valence-corrected chi connectivity index (χ0v) is 14.5. The van der Waals surface area contributed by atoms with E-state index in [9.17, 15) is 4.79 Å². The monoisotopic (exact) mass is 407 g/mol. The molecule has 0 saturated heterocycles. The molecule has 0 aliphatic rings. The highest BCUT2D eigenvalue weighted by Crippen LogP contribution is 2.27. The van der Waals surface area contributed by atoms with E-state index in [1.807, 2.05) is 30.3 Å². The molecule has 1 heterocycles. The van der Waals surface area contributed by atoms with Crippen molar-refractivity contribution in [1.82, 2.24) is 10.2 Å². The summed E-state index contributed by atoms with van der Waals surface area (Å²) in [6, 6.07) is 14.4. The minimum Gasteiger partial charge on any atom is -0.482 e. The molecule has 1 aromatic heterocycles. The summed E-state index contributed by atoms with van der Waals surface area (Å²) in [6.07, 6.45) is 0. The van der Waals surface area contributed by atoms with Gasteiger partial charge in [0.15, 0.2) is 6.61 Å². The quantitative estimate of drug-likeness (QED) is 0.685. The van der Waals surface area contributed by atoms with Crippen LogP contribution < -0.4 is 10.1 Å². The number of rotatable bonds is 5. The summed E-state index contributed by atoms with van der Waals surface area (Å²) in [6.45, 7) is -0.232. The van der Waals surface area contributed by atoms with E-state index in [0.717, 1.165) is 10.0 Å². The Morgan fingerprint density at radius 2 is 2.00 bits per heavy atom. The summed E-state index contributed by atoms with van der Waals surface area (Å²) in [5, 5.41) is 10.5. The highest BCUT2D eigenvalue weighted by Gasteiger charge is 2.12. The fraction of sp³-hybridized carbons (Fsp3) is 0.0625. The van der Waals surface area contributed by atoms with Gasteiger partial charge in [-0.3, -0.25) is 10.1 Å².